The largest absolute Gasteiger partial charge is 0.378 e. The molecule has 1 fully saturated rings. The zero-order valence-corrected chi connectivity index (χ0v) is 13.0. The summed E-state index contributed by atoms with van der Waals surface area (Å²) in [5.41, 5.74) is 1.82. The van der Waals surface area contributed by atoms with Gasteiger partial charge < -0.3 is 10.1 Å². The molecule has 1 aromatic carbocycles. The minimum absolute atomic E-state index is 0.152. The molecule has 3 rings (SSSR count). The van der Waals surface area contributed by atoms with Crippen molar-refractivity contribution >= 4 is 11.3 Å². The third-order valence-electron chi connectivity index (χ3n) is 3.90. The van der Waals surface area contributed by atoms with E-state index < -0.39 is 0 Å². The van der Waals surface area contributed by atoms with Crippen molar-refractivity contribution in [2.75, 3.05) is 6.61 Å². The lowest BCUT2D eigenvalue weighted by Gasteiger charge is -2.28. The van der Waals surface area contributed by atoms with Crippen LogP contribution in [0.2, 0.25) is 0 Å². The lowest BCUT2D eigenvalue weighted by molar-refractivity contribution is 0.0130. The van der Waals surface area contributed by atoms with E-state index in [-0.39, 0.29) is 5.82 Å². The van der Waals surface area contributed by atoms with E-state index in [2.05, 4.69) is 12.2 Å². The fourth-order valence-electron chi connectivity index (χ4n) is 2.75. The van der Waals surface area contributed by atoms with E-state index in [1.807, 2.05) is 29.6 Å². The molecule has 1 saturated heterocycles. The summed E-state index contributed by atoms with van der Waals surface area (Å²) >= 11 is 1.57. The molecule has 1 aromatic heterocycles. The molecule has 2 atom stereocenters. The molecule has 0 aliphatic carbocycles. The molecule has 2 unspecified atom stereocenters. The minimum Gasteiger partial charge on any atom is -0.378 e. The van der Waals surface area contributed by atoms with E-state index >= 15 is 0 Å². The van der Waals surface area contributed by atoms with E-state index in [4.69, 9.17) is 4.74 Å². The van der Waals surface area contributed by atoms with Crippen LogP contribution in [0, 0.1) is 5.82 Å². The van der Waals surface area contributed by atoms with Gasteiger partial charge in [-0.3, -0.25) is 0 Å². The summed E-state index contributed by atoms with van der Waals surface area (Å²) in [5.74, 6) is -0.152. The van der Waals surface area contributed by atoms with Gasteiger partial charge in [-0.1, -0.05) is 12.1 Å². The van der Waals surface area contributed by atoms with Crippen LogP contribution in [0.3, 0.4) is 0 Å². The number of benzene rings is 1. The molecule has 0 amide bonds. The normalized spacial score (nSPS) is 22.4. The molecule has 1 aliphatic heterocycles. The zero-order chi connectivity index (χ0) is 14.7. The summed E-state index contributed by atoms with van der Waals surface area (Å²) in [4.78, 5) is 0.981. The predicted octanol–water partition coefficient (Wildman–Crippen LogP) is 4.21. The van der Waals surface area contributed by atoms with Crippen LogP contribution in [0.15, 0.2) is 35.7 Å². The number of ether oxygens (including phenoxy) is 1. The lowest BCUT2D eigenvalue weighted by atomic mass is 10.0. The average molecular weight is 305 g/mol. The molecule has 0 spiro atoms. The van der Waals surface area contributed by atoms with Gasteiger partial charge in [0.05, 0.1) is 6.10 Å². The van der Waals surface area contributed by atoms with Gasteiger partial charge in [0, 0.05) is 29.6 Å². The predicted molar refractivity (Wildman–Crippen MR) is 85.0 cm³/mol. The Bertz CT molecular complexity index is 584. The summed E-state index contributed by atoms with van der Waals surface area (Å²) < 4.78 is 19.5. The maximum atomic E-state index is 13.9. The highest BCUT2D eigenvalue weighted by Gasteiger charge is 2.18. The number of thiophene rings is 1. The van der Waals surface area contributed by atoms with Gasteiger partial charge in [0.1, 0.15) is 5.82 Å². The molecular formula is C17H20FNOS. The number of hydrogen-bond donors (Lipinski definition) is 1. The van der Waals surface area contributed by atoms with Gasteiger partial charge in [-0.2, -0.15) is 0 Å². The minimum atomic E-state index is -0.152. The van der Waals surface area contributed by atoms with Gasteiger partial charge in [-0.25, -0.2) is 4.39 Å². The average Bonchev–Trinajstić information content (AvgIpc) is 3.00. The van der Waals surface area contributed by atoms with Gasteiger partial charge in [0.15, 0.2) is 0 Å². The molecule has 2 aromatic rings. The van der Waals surface area contributed by atoms with Crippen LogP contribution in [-0.2, 0) is 11.3 Å². The van der Waals surface area contributed by atoms with Crippen molar-refractivity contribution < 1.29 is 9.13 Å². The van der Waals surface area contributed by atoms with Crippen molar-refractivity contribution in [3.05, 3.63) is 47.1 Å². The molecule has 112 valence electrons. The molecule has 2 nitrogen and oxygen atoms in total. The van der Waals surface area contributed by atoms with Gasteiger partial charge in [0.2, 0.25) is 0 Å². The van der Waals surface area contributed by atoms with Crippen LogP contribution in [-0.4, -0.2) is 18.8 Å². The molecule has 1 N–H and O–H groups in total. The van der Waals surface area contributed by atoms with Gasteiger partial charge >= 0.3 is 0 Å². The summed E-state index contributed by atoms with van der Waals surface area (Å²) in [5, 5.41) is 5.54. The third-order valence-corrected chi connectivity index (χ3v) is 4.80. The van der Waals surface area contributed by atoms with E-state index in [1.54, 1.807) is 17.4 Å². The van der Waals surface area contributed by atoms with E-state index in [0.717, 1.165) is 36.4 Å². The Labute approximate surface area is 129 Å². The summed E-state index contributed by atoms with van der Waals surface area (Å²) in [6.07, 6.45) is 2.41. The van der Waals surface area contributed by atoms with E-state index in [9.17, 15) is 4.39 Å². The van der Waals surface area contributed by atoms with Crippen molar-refractivity contribution in [3.63, 3.8) is 0 Å². The summed E-state index contributed by atoms with van der Waals surface area (Å²) in [7, 11) is 0. The Morgan fingerprint density at radius 3 is 3.05 bits per heavy atom. The molecule has 2 heterocycles. The van der Waals surface area contributed by atoms with Gasteiger partial charge in [-0.05, 0) is 48.9 Å². The quantitative estimate of drug-likeness (QED) is 0.913. The first kappa shape index (κ1) is 14.7. The second-order valence-corrected chi connectivity index (χ2v) is 6.52. The second-order valence-electron chi connectivity index (χ2n) is 5.58. The Kier molecular flexibility index (Phi) is 4.68. The first-order valence-electron chi connectivity index (χ1n) is 7.39. The van der Waals surface area contributed by atoms with Crippen LogP contribution in [0.4, 0.5) is 4.39 Å². The van der Waals surface area contributed by atoms with Gasteiger partial charge in [0.25, 0.3) is 0 Å². The van der Waals surface area contributed by atoms with E-state index in [0.29, 0.717) is 17.7 Å². The molecule has 0 bridgehead atoms. The summed E-state index contributed by atoms with van der Waals surface area (Å²) in [6, 6.07) is 9.79. The SMILES string of the molecule is CC1CC(NCc2ccc(F)c(-c3cccs3)c2)CCO1. The Hall–Kier alpha value is -1.23. The Balaban J connectivity index is 1.67. The maximum absolute atomic E-state index is 13.9. The van der Waals surface area contributed by atoms with E-state index in [1.165, 1.54) is 0 Å². The maximum Gasteiger partial charge on any atom is 0.131 e. The summed E-state index contributed by atoms with van der Waals surface area (Å²) in [6.45, 7) is 3.71. The third kappa shape index (κ3) is 3.70. The topological polar surface area (TPSA) is 21.3 Å². The molecule has 0 saturated carbocycles. The standard InChI is InChI=1S/C17H20FNOS/c1-12-9-14(6-7-20-12)19-11-13-4-5-16(18)15(10-13)17-3-2-8-21-17/h2-5,8,10,12,14,19H,6-7,9,11H2,1H3. The molecule has 1 aliphatic rings. The monoisotopic (exact) mass is 305 g/mol. The highest BCUT2D eigenvalue weighted by molar-refractivity contribution is 7.13. The molecule has 4 heteroatoms. The molecule has 0 radical (unpaired) electrons. The van der Waals surface area contributed by atoms with Crippen LogP contribution < -0.4 is 5.32 Å². The fourth-order valence-corrected chi connectivity index (χ4v) is 3.49. The molecule has 21 heavy (non-hydrogen) atoms. The number of hydrogen-bond acceptors (Lipinski definition) is 3. The first-order valence-corrected chi connectivity index (χ1v) is 8.27. The highest BCUT2D eigenvalue weighted by atomic mass is 32.1. The van der Waals surface area contributed by atoms with Crippen molar-refractivity contribution in [2.24, 2.45) is 0 Å². The fraction of sp³-hybridized carbons (Fsp3) is 0.412. The van der Waals surface area contributed by atoms with Crippen molar-refractivity contribution in [1.82, 2.24) is 5.32 Å². The zero-order valence-electron chi connectivity index (χ0n) is 12.1. The number of halogens is 1. The molecular weight excluding hydrogens is 285 g/mol. The van der Waals surface area contributed by atoms with Crippen molar-refractivity contribution in [3.8, 4) is 10.4 Å². The number of nitrogens with one attached hydrogen (secondary N) is 1. The highest BCUT2D eigenvalue weighted by Crippen LogP contribution is 2.28. The first-order chi connectivity index (χ1) is 10.2. The van der Waals surface area contributed by atoms with Crippen LogP contribution in [0.5, 0.6) is 0 Å². The van der Waals surface area contributed by atoms with Crippen LogP contribution in [0.25, 0.3) is 10.4 Å². The Morgan fingerprint density at radius 2 is 2.29 bits per heavy atom. The number of rotatable bonds is 4. The van der Waals surface area contributed by atoms with Gasteiger partial charge in [-0.15, -0.1) is 11.3 Å². The lowest BCUT2D eigenvalue weighted by Crippen LogP contribution is -2.37. The van der Waals surface area contributed by atoms with Crippen molar-refractivity contribution in [2.45, 2.75) is 38.5 Å². The second kappa shape index (κ2) is 6.69. The van der Waals surface area contributed by atoms with Crippen LogP contribution in [0.1, 0.15) is 25.3 Å². The smallest absolute Gasteiger partial charge is 0.131 e. The Morgan fingerprint density at radius 1 is 1.38 bits per heavy atom. The van der Waals surface area contributed by atoms with Crippen LogP contribution >= 0.6 is 11.3 Å². The van der Waals surface area contributed by atoms with Crippen molar-refractivity contribution in [1.29, 1.82) is 0 Å².